The minimum atomic E-state index is -0.102. The van der Waals surface area contributed by atoms with Crippen molar-refractivity contribution in [2.75, 3.05) is 6.54 Å². The van der Waals surface area contributed by atoms with Crippen LogP contribution in [0.3, 0.4) is 0 Å². The van der Waals surface area contributed by atoms with Gasteiger partial charge in [-0.25, -0.2) is 4.79 Å². The number of rotatable bonds is 5. The SMILES string of the molecule is CCCNC(=O)NC(C)CC(C)N. The lowest BCUT2D eigenvalue weighted by Crippen LogP contribution is -2.42. The Kier molecular flexibility index (Phi) is 6.32. The number of carbonyl (C=O) groups excluding carboxylic acids is 1. The average Bonchev–Trinajstić information content (AvgIpc) is 1.98. The Labute approximate surface area is 80.3 Å². The molecule has 0 aromatic heterocycles. The fourth-order valence-electron chi connectivity index (χ4n) is 1.13. The normalized spacial score (nSPS) is 14.8. The number of urea groups is 1. The van der Waals surface area contributed by atoms with Crippen LogP contribution in [0.5, 0.6) is 0 Å². The van der Waals surface area contributed by atoms with E-state index in [1.54, 1.807) is 0 Å². The summed E-state index contributed by atoms with van der Waals surface area (Å²) in [5.41, 5.74) is 5.60. The van der Waals surface area contributed by atoms with Crippen LogP contribution in [-0.4, -0.2) is 24.7 Å². The Morgan fingerprint density at radius 2 is 2.08 bits per heavy atom. The summed E-state index contributed by atoms with van der Waals surface area (Å²) in [6, 6.07) is 0.160. The van der Waals surface area contributed by atoms with E-state index in [1.165, 1.54) is 0 Å². The third kappa shape index (κ3) is 7.59. The highest BCUT2D eigenvalue weighted by Crippen LogP contribution is 1.93. The van der Waals surface area contributed by atoms with Crippen LogP contribution in [0.1, 0.15) is 33.6 Å². The predicted octanol–water partition coefficient (Wildman–Crippen LogP) is 0.821. The molecule has 4 nitrogen and oxygen atoms in total. The first-order valence-corrected chi connectivity index (χ1v) is 4.86. The van der Waals surface area contributed by atoms with Crippen LogP contribution in [0, 0.1) is 0 Å². The van der Waals surface area contributed by atoms with Gasteiger partial charge in [0.2, 0.25) is 0 Å². The van der Waals surface area contributed by atoms with E-state index in [1.807, 2.05) is 20.8 Å². The van der Waals surface area contributed by atoms with Crippen molar-refractivity contribution in [2.24, 2.45) is 5.73 Å². The zero-order valence-electron chi connectivity index (χ0n) is 8.76. The largest absolute Gasteiger partial charge is 0.338 e. The van der Waals surface area contributed by atoms with Gasteiger partial charge >= 0.3 is 6.03 Å². The summed E-state index contributed by atoms with van der Waals surface area (Å²) in [4.78, 5) is 11.1. The van der Waals surface area contributed by atoms with E-state index >= 15 is 0 Å². The van der Waals surface area contributed by atoms with Crippen LogP contribution in [0.2, 0.25) is 0 Å². The van der Waals surface area contributed by atoms with Crippen LogP contribution in [0.15, 0.2) is 0 Å². The molecule has 0 aromatic carbocycles. The van der Waals surface area contributed by atoms with Gasteiger partial charge in [0, 0.05) is 18.6 Å². The molecule has 0 aromatic rings. The van der Waals surface area contributed by atoms with E-state index in [4.69, 9.17) is 5.73 Å². The minimum Gasteiger partial charge on any atom is -0.338 e. The summed E-state index contributed by atoms with van der Waals surface area (Å²) in [5.74, 6) is 0. The zero-order chi connectivity index (χ0) is 10.3. The summed E-state index contributed by atoms with van der Waals surface area (Å²) in [6.07, 6.45) is 1.76. The second-order valence-corrected chi connectivity index (χ2v) is 3.51. The van der Waals surface area contributed by atoms with E-state index in [0.29, 0.717) is 0 Å². The molecular weight excluding hydrogens is 166 g/mol. The number of nitrogens with two attached hydrogens (primary N) is 1. The first-order valence-electron chi connectivity index (χ1n) is 4.86. The quantitative estimate of drug-likeness (QED) is 0.596. The molecule has 78 valence electrons. The van der Waals surface area contributed by atoms with Gasteiger partial charge in [-0.3, -0.25) is 0 Å². The summed E-state index contributed by atoms with van der Waals surface area (Å²) < 4.78 is 0. The van der Waals surface area contributed by atoms with Crippen LogP contribution in [0.4, 0.5) is 4.79 Å². The Hall–Kier alpha value is -0.770. The number of carbonyl (C=O) groups is 1. The lowest BCUT2D eigenvalue weighted by Gasteiger charge is -2.16. The molecule has 0 fully saturated rings. The molecule has 2 atom stereocenters. The predicted molar refractivity (Wildman–Crippen MR) is 54.6 cm³/mol. The van der Waals surface area contributed by atoms with Crippen molar-refractivity contribution in [3.05, 3.63) is 0 Å². The molecular formula is C9H21N3O. The highest BCUT2D eigenvalue weighted by Gasteiger charge is 2.07. The second kappa shape index (κ2) is 6.71. The molecule has 0 spiro atoms. The van der Waals surface area contributed by atoms with E-state index in [0.717, 1.165) is 19.4 Å². The molecule has 0 aliphatic carbocycles. The van der Waals surface area contributed by atoms with Gasteiger partial charge in [0.1, 0.15) is 0 Å². The average molecular weight is 187 g/mol. The maximum absolute atomic E-state index is 11.1. The van der Waals surface area contributed by atoms with Crippen LogP contribution < -0.4 is 16.4 Å². The fraction of sp³-hybridized carbons (Fsp3) is 0.889. The van der Waals surface area contributed by atoms with Gasteiger partial charge in [-0.05, 0) is 26.7 Å². The molecule has 0 radical (unpaired) electrons. The molecule has 0 rings (SSSR count). The van der Waals surface area contributed by atoms with Crippen molar-refractivity contribution in [3.8, 4) is 0 Å². The van der Waals surface area contributed by atoms with Crippen molar-refractivity contribution < 1.29 is 4.79 Å². The van der Waals surface area contributed by atoms with Gasteiger partial charge < -0.3 is 16.4 Å². The monoisotopic (exact) mass is 187 g/mol. The zero-order valence-corrected chi connectivity index (χ0v) is 8.76. The first kappa shape index (κ1) is 12.2. The Morgan fingerprint density at radius 3 is 2.54 bits per heavy atom. The van der Waals surface area contributed by atoms with Crippen molar-refractivity contribution >= 4 is 6.03 Å². The van der Waals surface area contributed by atoms with Crippen molar-refractivity contribution in [3.63, 3.8) is 0 Å². The smallest absolute Gasteiger partial charge is 0.314 e. The van der Waals surface area contributed by atoms with Crippen LogP contribution in [0.25, 0.3) is 0 Å². The lowest BCUT2D eigenvalue weighted by atomic mass is 10.1. The fourth-order valence-corrected chi connectivity index (χ4v) is 1.13. The highest BCUT2D eigenvalue weighted by atomic mass is 16.2. The Balaban J connectivity index is 3.53. The molecule has 0 aliphatic heterocycles. The van der Waals surface area contributed by atoms with Gasteiger partial charge in [-0.1, -0.05) is 6.92 Å². The van der Waals surface area contributed by atoms with Crippen molar-refractivity contribution in [1.29, 1.82) is 0 Å². The van der Waals surface area contributed by atoms with E-state index < -0.39 is 0 Å². The van der Waals surface area contributed by atoms with E-state index in [2.05, 4.69) is 10.6 Å². The topological polar surface area (TPSA) is 67.2 Å². The highest BCUT2D eigenvalue weighted by molar-refractivity contribution is 5.74. The van der Waals surface area contributed by atoms with Crippen LogP contribution >= 0.6 is 0 Å². The third-order valence-corrected chi connectivity index (χ3v) is 1.64. The minimum absolute atomic E-state index is 0.102. The van der Waals surface area contributed by atoms with Crippen molar-refractivity contribution in [2.45, 2.75) is 45.7 Å². The molecule has 0 aliphatic rings. The number of amides is 2. The summed E-state index contributed by atoms with van der Waals surface area (Å²) >= 11 is 0. The van der Waals surface area contributed by atoms with Gasteiger partial charge in [0.25, 0.3) is 0 Å². The molecule has 0 bridgehead atoms. The number of hydrogen-bond donors (Lipinski definition) is 3. The van der Waals surface area contributed by atoms with Crippen molar-refractivity contribution in [1.82, 2.24) is 10.6 Å². The van der Waals surface area contributed by atoms with Gasteiger partial charge in [-0.15, -0.1) is 0 Å². The van der Waals surface area contributed by atoms with Gasteiger partial charge in [0.15, 0.2) is 0 Å². The number of hydrogen-bond acceptors (Lipinski definition) is 2. The molecule has 2 unspecified atom stereocenters. The van der Waals surface area contributed by atoms with Gasteiger partial charge in [-0.2, -0.15) is 0 Å². The third-order valence-electron chi connectivity index (χ3n) is 1.64. The molecule has 13 heavy (non-hydrogen) atoms. The first-order chi connectivity index (χ1) is 6.06. The standard InChI is InChI=1S/C9H21N3O/c1-4-5-11-9(13)12-8(3)6-7(2)10/h7-8H,4-6,10H2,1-3H3,(H2,11,12,13). The molecule has 0 saturated heterocycles. The van der Waals surface area contributed by atoms with Gasteiger partial charge in [0.05, 0.1) is 0 Å². The molecule has 4 N–H and O–H groups in total. The number of nitrogens with one attached hydrogen (secondary N) is 2. The summed E-state index contributed by atoms with van der Waals surface area (Å²) in [5, 5.41) is 5.56. The Morgan fingerprint density at radius 1 is 1.46 bits per heavy atom. The maximum atomic E-state index is 11.1. The maximum Gasteiger partial charge on any atom is 0.314 e. The molecule has 0 heterocycles. The second-order valence-electron chi connectivity index (χ2n) is 3.51. The molecule has 2 amide bonds. The van der Waals surface area contributed by atoms with E-state index in [9.17, 15) is 4.79 Å². The lowest BCUT2D eigenvalue weighted by molar-refractivity contribution is 0.237. The molecule has 4 heteroatoms. The Bertz CT molecular complexity index is 148. The summed E-state index contributed by atoms with van der Waals surface area (Å²) in [7, 11) is 0. The molecule has 0 saturated carbocycles. The van der Waals surface area contributed by atoms with E-state index in [-0.39, 0.29) is 18.1 Å². The van der Waals surface area contributed by atoms with Crippen LogP contribution in [-0.2, 0) is 0 Å². The summed E-state index contributed by atoms with van der Waals surface area (Å²) in [6.45, 7) is 6.62.